The van der Waals surface area contributed by atoms with Gasteiger partial charge in [0.15, 0.2) is 5.78 Å². The van der Waals surface area contributed by atoms with Crippen molar-refractivity contribution in [1.29, 1.82) is 0 Å². The molecular formula is C15H22O2S3. The maximum Gasteiger partial charge on any atom is 0.212 e. The number of carbonyl (C=O) groups excluding carboxylic acids is 2. The molecular weight excluding hydrogens is 308 g/mol. The molecule has 5 heteroatoms. The molecule has 3 fully saturated rings. The Bertz CT molecular complexity index is 385. The largest absolute Gasteiger partial charge is 0.291 e. The van der Waals surface area contributed by atoms with Crippen molar-refractivity contribution in [3.63, 3.8) is 0 Å². The second-order valence-electron chi connectivity index (χ2n) is 5.90. The van der Waals surface area contributed by atoms with Gasteiger partial charge < -0.3 is 0 Å². The van der Waals surface area contributed by atoms with Gasteiger partial charge in [0.2, 0.25) is 5.78 Å². The van der Waals surface area contributed by atoms with E-state index in [-0.39, 0.29) is 21.6 Å². The van der Waals surface area contributed by atoms with Crippen LogP contribution >= 0.6 is 35.3 Å². The zero-order valence-electron chi connectivity index (χ0n) is 11.8. The predicted molar refractivity (Wildman–Crippen MR) is 90.0 cm³/mol. The average molecular weight is 331 g/mol. The minimum Gasteiger partial charge on any atom is -0.291 e. The van der Waals surface area contributed by atoms with E-state index in [4.69, 9.17) is 0 Å². The van der Waals surface area contributed by atoms with E-state index in [1.807, 2.05) is 11.8 Å². The van der Waals surface area contributed by atoms with Crippen LogP contribution in [-0.4, -0.2) is 44.1 Å². The summed E-state index contributed by atoms with van der Waals surface area (Å²) in [6.07, 6.45) is 7.92. The van der Waals surface area contributed by atoms with Crippen LogP contribution in [0.3, 0.4) is 0 Å². The molecule has 0 amide bonds. The summed E-state index contributed by atoms with van der Waals surface area (Å²) in [5.74, 6) is 3.05. The SMILES string of the molecule is O=C1CCSC(C2(C3CCCCS3)CCCCS2)C1=O. The van der Waals surface area contributed by atoms with Gasteiger partial charge in [-0.3, -0.25) is 9.59 Å². The minimum atomic E-state index is -0.111. The zero-order chi connectivity index (χ0) is 14.0. The van der Waals surface area contributed by atoms with Crippen LogP contribution in [0.1, 0.15) is 44.9 Å². The van der Waals surface area contributed by atoms with Gasteiger partial charge in [0.25, 0.3) is 0 Å². The Kier molecular flexibility index (Phi) is 5.09. The molecule has 3 rings (SSSR count). The molecule has 3 aliphatic rings. The number of rotatable bonds is 2. The van der Waals surface area contributed by atoms with Crippen LogP contribution in [0.2, 0.25) is 0 Å². The van der Waals surface area contributed by atoms with Crippen LogP contribution in [0.4, 0.5) is 0 Å². The summed E-state index contributed by atoms with van der Waals surface area (Å²) in [6.45, 7) is 0. The number of Topliss-reactive ketones (excluding diaryl/α,β-unsaturated/α-hetero) is 2. The highest BCUT2D eigenvalue weighted by Crippen LogP contribution is 2.53. The Labute approximate surface area is 134 Å². The molecule has 112 valence electrons. The number of thioether (sulfide) groups is 3. The molecule has 0 aliphatic carbocycles. The quantitative estimate of drug-likeness (QED) is 0.723. The second kappa shape index (κ2) is 6.66. The topological polar surface area (TPSA) is 34.1 Å². The third-order valence-corrected chi connectivity index (χ3v) is 9.67. The van der Waals surface area contributed by atoms with Gasteiger partial charge in [-0.05, 0) is 37.2 Å². The molecule has 0 N–H and O–H groups in total. The third kappa shape index (κ3) is 2.82. The van der Waals surface area contributed by atoms with E-state index in [0.717, 1.165) is 17.9 Å². The maximum atomic E-state index is 12.5. The van der Waals surface area contributed by atoms with Gasteiger partial charge in [-0.2, -0.15) is 23.5 Å². The van der Waals surface area contributed by atoms with Gasteiger partial charge in [-0.25, -0.2) is 0 Å². The van der Waals surface area contributed by atoms with Crippen molar-refractivity contribution in [2.75, 3.05) is 17.3 Å². The molecule has 3 unspecified atom stereocenters. The van der Waals surface area contributed by atoms with E-state index in [9.17, 15) is 9.59 Å². The maximum absolute atomic E-state index is 12.5. The molecule has 0 radical (unpaired) electrons. The lowest BCUT2D eigenvalue weighted by molar-refractivity contribution is -0.136. The fourth-order valence-corrected chi connectivity index (χ4v) is 8.96. The molecule has 0 aromatic heterocycles. The van der Waals surface area contributed by atoms with Crippen LogP contribution in [0.5, 0.6) is 0 Å². The first-order chi connectivity index (χ1) is 9.74. The summed E-state index contributed by atoms with van der Waals surface area (Å²) in [6, 6.07) is 0. The number of hydrogen-bond donors (Lipinski definition) is 0. The van der Waals surface area contributed by atoms with Gasteiger partial charge in [-0.1, -0.05) is 12.8 Å². The number of ketones is 2. The molecule has 0 aromatic carbocycles. The van der Waals surface area contributed by atoms with E-state index >= 15 is 0 Å². The van der Waals surface area contributed by atoms with Crippen molar-refractivity contribution in [3.8, 4) is 0 Å². The highest BCUT2D eigenvalue weighted by atomic mass is 32.2. The van der Waals surface area contributed by atoms with E-state index in [1.54, 1.807) is 11.8 Å². The fourth-order valence-electron chi connectivity index (χ4n) is 3.57. The summed E-state index contributed by atoms with van der Waals surface area (Å²) in [5.41, 5.74) is 0. The van der Waals surface area contributed by atoms with Crippen LogP contribution < -0.4 is 0 Å². The van der Waals surface area contributed by atoms with Crippen LogP contribution in [-0.2, 0) is 9.59 Å². The number of carbonyl (C=O) groups is 2. The minimum absolute atomic E-state index is 0.0428. The molecule has 2 nitrogen and oxygen atoms in total. The Morgan fingerprint density at radius 2 is 1.80 bits per heavy atom. The lowest BCUT2D eigenvalue weighted by atomic mass is 9.86. The summed E-state index contributed by atoms with van der Waals surface area (Å²) in [4.78, 5) is 24.4. The Morgan fingerprint density at radius 1 is 0.950 bits per heavy atom. The Morgan fingerprint density at radius 3 is 2.50 bits per heavy atom. The van der Waals surface area contributed by atoms with Crippen molar-refractivity contribution < 1.29 is 9.59 Å². The van der Waals surface area contributed by atoms with Crippen molar-refractivity contribution >= 4 is 46.9 Å². The molecule has 0 bridgehead atoms. The van der Waals surface area contributed by atoms with Gasteiger partial charge >= 0.3 is 0 Å². The summed E-state index contributed by atoms with van der Waals surface area (Å²) in [5, 5.41) is 0.513. The molecule has 0 saturated carbocycles. The normalized spacial score (nSPS) is 39.8. The highest BCUT2D eigenvalue weighted by Gasteiger charge is 2.52. The lowest BCUT2D eigenvalue weighted by Crippen LogP contribution is -2.55. The first-order valence-electron chi connectivity index (χ1n) is 7.68. The number of hydrogen-bond acceptors (Lipinski definition) is 5. The molecule has 3 aliphatic heterocycles. The first-order valence-corrected chi connectivity index (χ1v) is 10.8. The molecule has 0 aromatic rings. The van der Waals surface area contributed by atoms with Gasteiger partial charge in [-0.15, -0.1) is 11.8 Å². The van der Waals surface area contributed by atoms with E-state index in [1.165, 1.54) is 37.9 Å². The highest BCUT2D eigenvalue weighted by molar-refractivity contribution is 8.06. The summed E-state index contributed by atoms with van der Waals surface area (Å²) < 4.78 is 0.0428. The van der Waals surface area contributed by atoms with Crippen LogP contribution in [0, 0.1) is 0 Å². The predicted octanol–water partition coefficient (Wildman–Crippen LogP) is 3.57. The fraction of sp³-hybridized carbons (Fsp3) is 0.867. The van der Waals surface area contributed by atoms with Gasteiger partial charge in [0.1, 0.15) is 0 Å². The smallest absolute Gasteiger partial charge is 0.212 e. The van der Waals surface area contributed by atoms with E-state index in [0.29, 0.717) is 11.7 Å². The van der Waals surface area contributed by atoms with Crippen molar-refractivity contribution in [3.05, 3.63) is 0 Å². The van der Waals surface area contributed by atoms with Crippen LogP contribution in [0.15, 0.2) is 0 Å². The van der Waals surface area contributed by atoms with Gasteiger partial charge in [0.05, 0.1) is 5.25 Å². The second-order valence-corrected chi connectivity index (χ2v) is 9.88. The van der Waals surface area contributed by atoms with Crippen LogP contribution in [0.25, 0.3) is 0 Å². The Hall–Kier alpha value is 0.390. The van der Waals surface area contributed by atoms with E-state index < -0.39 is 0 Å². The molecule has 0 spiro atoms. The molecule has 20 heavy (non-hydrogen) atoms. The molecule has 3 heterocycles. The molecule has 3 saturated heterocycles. The van der Waals surface area contributed by atoms with E-state index in [2.05, 4.69) is 11.8 Å². The molecule has 3 atom stereocenters. The van der Waals surface area contributed by atoms with Crippen molar-refractivity contribution in [2.45, 2.75) is 60.2 Å². The van der Waals surface area contributed by atoms with Crippen molar-refractivity contribution in [2.24, 2.45) is 0 Å². The monoisotopic (exact) mass is 330 g/mol. The summed E-state index contributed by atoms with van der Waals surface area (Å²) >= 11 is 5.85. The summed E-state index contributed by atoms with van der Waals surface area (Å²) in [7, 11) is 0. The zero-order valence-corrected chi connectivity index (χ0v) is 14.2. The van der Waals surface area contributed by atoms with Gasteiger partial charge in [0, 0.05) is 22.2 Å². The average Bonchev–Trinajstić information content (AvgIpc) is 2.51. The lowest BCUT2D eigenvalue weighted by Gasteiger charge is -2.48. The first kappa shape index (κ1) is 15.3. The standard InChI is InChI=1S/C15H22O2S3/c16-11-6-10-19-14(13(11)17)15(7-2-4-9-20-15)12-5-1-3-8-18-12/h12,14H,1-10H2. The Balaban J connectivity index is 1.87. The third-order valence-electron chi connectivity index (χ3n) is 4.63. The van der Waals surface area contributed by atoms with Crippen molar-refractivity contribution in [1.82, 2.24) is 0 Å².